The van der Waals surface area contributed by atoms with Crippen molar-refractivity contribution < 1.29 is 9.15 Å². The summed E-state index contributed by atoms with van der Waals surface area (Å²) in [4.78, 5) is 10.4. The van der Waals surface area contributed by atoms with E-state index < -0.39 is 5.41 Å². The molecule has 0 radical (unpaired) electrons. The van der Waals surface area contributed by atoms with Crippen LogP contribution >= 0.6 is 0 Å². The molecule has 11 rings (SSSR count). The maximum atomic E-state index is 6.76. The van der Waals surface area contributed by atoms with E-state index in [1.54, 1.807) is 0 Å². The van der Waals surface area contributed by atoms with Gasteiger partial charge in [-0.2, -0.15) is 0 Å². The topological polar surface area (TPSA) is 48.2 Å². The van der Waals surface area contributed by atoms with Gasteiger partial charge in [0.15, 0.2) is 5.82 Å². The molecule has 0 N–H and O–H groups in total. The van der Waals surface area contributed by atoms with Crippen molar-refractivity contribution in [1.82, 2.24) is 9.97 Å². The van der Waals surface area contributed by atoms with Crippen LogP contribution in [-0.2, 0) is 5.41 Å². The molecule has 9 aromatic rings. The van der Waals surface area contributed by atoms with E-state index in [0.29, 0.717) is 5.82 Å². The summed E-state index contributed by atoms with van der Waals surface area (Å²) < 4.78 is 13.3. The van der Waals surface area contributed by atoms with Crippen molar-refractivity contribution in [1.29, 1.82) is 0 Å². The molecule has 0 bridgehead atoms. The largest absolute Gasteiger partial charge is 0.457 e. The smallest absolute Gasteiger partial charge is 0.161 e. The van der Waals surface area contributed by atoms with Gasteiger partial charge in [0.2, 0.25) is 0 Å². The monoisotopic (exact) mass is 626 g/mol. The first-order valence-corrected chi connectivity index (χ1v) is 16.6. The highest BCUT2D eigenvalue weighted by Gasteiger charge is 2.51. The lowest BCUT2D eigenvalue weighted by Gasteiger charge is -2.39. The number of fused-ring (bicyclic) bond motifs is 13. The predicted octanol–water partition coefficient (Wildman–Crippen LogP) is 11.3. The fraction of sp³-hybridized carbons (Fsp3) is 0.0222. The molecule has 228 valence electrons. The highest BCUT2D eigenvalue weighted by molar-refractivity contribution is 6.14. The van der Waals surface area contributed by atoms with Crippen LogP contribution in [0.2, 0.25) is 0 Å². The van der Waals surface area contributed by atoms with E-state index in [2.05, 4.69) is 115 Å². The van der Waals surface area contributed by atoms with E-state index in [-0.39, 0.29) is 0 Å². The van der Waals surface area contributed by atoms with Gasteiger partial charge in [0, 0.05) is 38.4 Å². The normalized spacial score (nSPS) is 13.6. The van der Waals surface area contributed by atoms with Gasteiger partial charge in [0.1, 0.15) is 22.7 Å². The standard InChI is InChI=1S/C45H26N2O2/c1-2-13-27(14-3-1)43-29-16-5-9-21-37(29)46-44(47-43)30-17-12-24-40-42(30)32-25-31-28-15-4-6-18-33(28)45(36(31)26-41(32)49-40)34-19-7-10-22-38(34)48-39-23-11-8-20-35(39)45/h1-26H. The first-order chi connectivity index (χ1) is 24.3. The van der Waals surface area contributed by atoms with Crippen LogP contribution in [-0.4, -0.2) is 9.97 Å². The average Bonchev–Trinajstić information content (AvgIpc) is 3.67. The second-order valence-corrected chi connectivity index (χ2v) is 12.8. The highest BCUT2D eigenvalue weighted by Crippen LogP contribution is 2.62. The zero-order valence-corrected chi connectivity index (χ0v) is 26.2. The minimum absolute atomic E-state index is 0.556. The maximum absolute atomic E-state index is 6.76. The third-order valence-electron chi connectivity index (χ3n) is 10.4. The predicted molar refractivity (Wildman–Crippen MR) is 195 cm³/mol. The number of nitrogens with zero attached hydrogens (tertiary/aromatic N) is 2. The molecule has 4 nitrogen and oxygen atoms in total. The van der Waals surface area contributed by atoms with Crippen molar-refractivity contribution in [2.45, 2.75) is 5.41 Å². The molecule has 1 spiro atoms. The van der Waals surface area contributed by atoms with Gasteiger partial charge in [-0.05, 0) is 58.7 Å². The van der Waals surface area contributed by atoms with Crippen molar-refractivity contribution in [2.75, 3.05) is 0 Å². The lowest BCUT2D eigenvalue weighted by molar-refractivity contribution is 0.436. The van der Waals surface area contributed by atoms with Crippen molar-refractivity contribution in [3.05, 3.63) is 180 Å². The first kappa shape index (κ1) is 26.5. The van der Waals surface area contributed by atoms with Gasteiger partial charge in [0.05, 0.1) is 16.6 Å². The second-order valence-electron chi connectivity index (χ2n) is 12.8. The minimum atomic E-state index is -0.556. The average molecular weight is 627 g/mol. The summed E-state index contributed by atoms with van der Waals surface area (Å²) >= 11 is 0. The maximum Gasteiger partial charge on any atom is 0.161 e. The summed E-state index contributed by atoms with van der Waals surface area (Å²) in [6.07, 6.45) is 0. The second kappa shape index (κ2) is 9.75. The Morgan fingerprint density at radius 3 is 1.94 bits per heavy atom. The molecular formula is C45H26N2O2. The van der Waals surface area contributed by atoms with Gasteiger partial charge in [0.25, 0.3) is 0 Å². The van der Waals surface area contributed by atoms with E-state index in [4.69, 9.17) is 19.1 Å². The summed E-state index contributed by atoms with van der Waals surface area (Å²) in [6.45, 7) is 0. The van der Waals surface area contributed by atoms with E-state index in [1.165, 1.54) is 22.3 Å². The molecule has 0 unspecified atom stereocenters. The Labute approximate surface area is 281 Å². The summed E-state index contributed by atoms with van der Waals surface area (Å²) in [7, 11) is 0. The summed E-state index contributed by atoms with van der Waals surface area (Å²) in [5.74, 6) is 2.42. The van der Waals surface area contributed by atoms with Crippen molar-refractivity contribution in [3.63, 3.8) is 0 Å². The molecule has 1 aliphatic carbocycles. The molecule has 7 aromatic carbocycles. The molecule has 49 heavy (non-hydrogen) atoms. The molecular weight excluding hydrogens is 601 g/mol. The summed E-state index contributed by atoms with van der Waals surface area (Å²) in [6, 6.07) is 55.1. The number of benzene rings is 7. The van der Waals surface area contributed by atoms with Gasteiger partial charge >= 0.3 is 0 Å². The van der Waals surface area contributed by atoms with Gasteiger partial charge in [-0.1, -0.05) is 121 Å². The Hall–Kier alpha value is -6.52. The van der Waals surface area contributed by atoms with E-state index in [1.807, 2.05) is 42.5 Å². The third kappa shape index (κ3) is 3.52. The molecule has 1 aliphatic heterocycles. The molecule has 0 saturated carbocycles. The van der Waals surface area contributed by atoms with Crippen LogP contribution in [0.3, 0.4) is 0 Å². The van der Waals surface area contributed by atoms with Crippen molar-refractivity contribution in [2.24, 2.45) is 0 Å². The zero-order chi connectivity index (χ0) is 32.1. The SMILES string of the molecule is c1ccc(-c2nc(-c3cccc4oc5cc6c(cc5c34)-c3ccccc3C63c4ccccc4Oc4ccccc43)nc3ccccc23)cc1. The van der Waals surface area contributed by atoms with Crippen LogP contribution in [0.15, 0.2) is 162 Å². The minimum Gasteiger partial charge on any atom is -0.457 e. The number of hydrogen-bond acceptors (Lipinski definition) is 4. The Morgan fingerprint density at radius 2 is 1.12 bits per heavy atom. The lowest BCUT2D eigenvalue weighted by Crippen LogP contribution is -2.32. The molecule has 2 aromatic heterocycles. The van der Waals surface area contributed by atoms with Gasteiger partial charge in [-0.15, -0.1) is 0 Å². The van der Waals surface area contributed by atoms with Crippen LogP contribution in [0.5, 0.6) is 11.5 Å². The molecule has 0 fully saturated rings. The molecule has 2 aliphatic rings. The highest BCUT2D eigenvalue weighted by atomic mass is 16.5. The molecule has 0 saturated heterocycles. The van der Waals surface area contributed by atoms with Crippen molar-refractivity contribution >= 4 is 32.8 Å². The summed E-state index contributed by atoms with van der Waals surface area (Å²) in [5, 5.41) is 3.09. The van der Waals surface area contributed by atoms with Gasteiger partial charge in [-0.3, -0.25) is 0 Å². The molecule has 0 atom stereocenters. The molecule has 0 amide bonds. The molecule has 3 heterocycles. The van der Waals surface area contributed by atoms with Gasteiger partial charge in [-0.25, -0.2) is 9.97 Å². The zero-order valence-electron chi connectivity index (χ0n) is 26.2. The third-order valence-corrected chi connectivity index (χ3v) is 10.4. The van der Waals surface area contributed by atoms with E-state index >= 15 is 0 Å². The quantitative estimate of drug-likeness (QED) is 0.192. The first-order valence-electron chi connectivity index (χ1n) is 16.6. The van der Waals surface area contributed by atoms with Crippen LogP contribution in [0.1, 0.15) is 22.3 Å². The summed E-state index contributed by atoms with van der Waals surface area (Å²) in [5.41, 5.74) is 12.0. The Kier molecular flexibility index (Phi) is 5.28. The number of rotatable bonds is 2. The fourth-order valence-electron chi connectivity index (χ4n) is 8.37. The van der Waals surface area contributed by atoms with Crippen molar-refractivity contribution in [3.8, 4) is 45.3 Å². The Bertz CT molecular complexity index is 2770. The molecule has 4 heteroatoms. The number of ether oxygens (including phenoxy) is 1. The number of furan rings is 1. The van der Waals surface area contributed by atoms with Crippen LogP contribution in [0, 0.1) is 0 Å². The van der Waals surface area contributed by atoms with E-state index in [0.717, 1.165) is 72.3 Å². The van der Waals surface area contributed by atoms with Gasteiger partial charge < -0.3 is 9.15 Å². The number of para-hydroxylation sites is 3. The van der Waals surface area contributed by atoms with Crippen LogP contribution in [0.25, 0.3) is 66.6 Å². The lowest BCUT2D eigenvalue weighted by atomic mass is 9.66. The van der Waals surface area contributed by atoms with Crippen LogP contribution in [0.4, 0.5) is 0 Å². The van der Waals surface area contributed by atoms with Crippen LogP contribution < -0.4 is 4.74 Å². The number of hydrogen-bond donors (Lipinski definition) is 0. The fourth-order valence-corrected chi connectivity index (χ4v) is 8.37. The Morgan fingerprint density at radius 1 is 0.449 bits per heavy atom. The van der Waals surface area contributed by atoms with E-state index in [9.17, 15) is 0 Å². The number of aromatic nitrogens is 2. The Balaban J connectivity index is 1.22.